The van der Waals surface area contributed by atoms with Crippen molar-refractivity contribution in [3.05, 3.63) is 58.6 Å². The van der Waals surface area contributed by atoms with Crippen LogP contribution in [-0.4, -0.2) is 6.54 Å². The zero-order valence-corrected chi connectivity index (χ0v) is 12.7. The van der Waals surface area contributed by atoms with Crippen LogP contribution in [0.3, 0.4) is 0 Å². The second kappa shape index (κ2) is 6.31. The monoisotopic (exact) mass is 293 g/mol. The van der Waals surface area contributed by atoms with E-state index in [0.717, 1.165) is 28.5 Å². The standard InChI is InChI=1S/C16H17Cl2N/c1-3-19(15-8-4-12(2)5-9-15)16-10-14(18)7-6-13(16)11-17/h4-10H,3,11H2,1-2H3. The SMILES string of the molecule is CCN(c1ccc(C)cc1)c1cc(Cl)ccc1CCl. The van der Waals surface area contributed by atoms with Crippen molar-refractivity contribution in [2.45, 2.75) is 19.7 Å². The Morgan fingerprint density at radius 1 is 1.05 bits per heavy atom. The molecule has 2 aromatic carbocycles. The van der Waals surface area contributed by atoms with Crippen molar-refractivity contribution < 1.29 is 0 Å². The van der Waals surface area contributed by atoms with Gasteiger partial charge in [0.25, 0.3) is 0 Å². The summed E-state index contributed by atoms with van der Waals surface area (Å²) in [4.78, 5) is 2.23. The normalized spacial score (nSPS) is 10.5. The van der Waals surface area contributed by atoms with E-state index in [1.54, 1.807) is 0 Å². The molecule has 100 valence electrons. The van der Waals surface area contributed by atoms with Gasteiger partial charge < -0.3 is 4.90 Å². The van der Waals surface area contributed by atoms with Gasteiger partial charge in [0.05, 0.1) is 0 Å². The zero-order valence-electron chi connectivity index (χ0n) is 11.2. The molecule has 0 aromatic heterocycles. The smallest absolute Gasteiger partial charge is 0.0494 e. The van der Waals surface area contributed by atoms with E-state index in [9.17, 15) is 0 Å². The van der Waals surface area contributed by atoms with Gasteiger partial charge in [-0.1, -0.05) is 35.4 Å². The van der Waals surface area contributed by atoms with Crippen molar-refractivity contribution >= 4 is 34.6 Å². The second-order valence-electron chi connectivity index (χ2n) is 4.49. The molecular weight excluding hydrogens is 277 g/mol. The van der Waals surface area contributed by atoms with Crippen molar-refractivity contribution in [2.24, 2.45) is 0 Å². The van der Waals surface area contributed by atoms with Crippen LogP contribution >= 0.6 is 23.2 Å². The van der Waals surface area contributed by atoms with Gasteiger partial charge in [0.15, 0.2) is 0 Å². The second-order valence-corrected chi connectivity index (χ2v) is 5.19. The molecule has 0 unspecified atom stereocenters. The first-order valence-electron chi connectivity index (χ1n) is 6.34. The molecular formula is C16H17Cl2N. The van der Waals surface area contributed by atoms with Gasteiger partial charge in [0, 0.05) is 28.8 Å². The van der Waals surface area contributed by atoms with Crippen LogP contribution in [0.15, 0.2) is 42.5 Å². The van der Waals surface area contributed by atoms with E-state index in [0.29, 0.717) is 5.88 Å². The molecule has 0 spiro atoms. The Kier molecular flexibility index (Phi) is 4.73. The van der Waals surface area contributed by atoms with E-state index in [4.69, 9.17) is 23.2 Å². The summed E-state index contributed by atoms with van der Waals surface area (Å²) in [5.74, 6) is 0.481. The molecule has 0 fully saturated rings. The van der Waals surface area contributed by atoms with Crippen molar-refractivity contribution in [2.75, 3.05) is 11.4 Å². The molecule has 0 aliphatic carbocycles. The molecule has 1 nitrogen and oxygen atoms in total. The van der Waals surface area contributed by atoms with Gasteiger partial charge in [0.1, 0.15) is 0 Å². The summed E-state index contributed by atoms with van der Waals surface area (Å²) in [6.07, 6.45) is 0. The lowest BCUT2D eigenvalue weighted by atomic mass is 10.1. The van der Waals surface area contributed by atoms with Crippen molar-refractivity contribution in [3.63, 3.8) is 0 Å². The molecule has 0 N–H and O–H groups in total. The van der Waals surface area contributed by atoms with Gasteiger partial charge in [-0.05, 0) is 43.7 Å². The van der Waals surface area contributed by atoms with Crippen LogP contribution in [0.25, 0.3) is 0 Å². The number of halogens is 2. The molecule has 0 aliphatic rings. The summed E-state index contributed by atoms with van der Waals surface area (Å²) in [6.45, 7) is 5.08. The fourth-order valence-corrected chi connectivity index (χ4v) is 2.51. The first-order valence-corrected chi connectivity index (χ1v) is 7.25. The Labute approximate surface area is 124 Å². The van der Waals surface area contributed by atoms with Crippen LogP contribution in [0, 0.1) is 6.92 Å². The summed E-state index contributed by atoms with van der Waals surface area (Å²) in [7, 11) is 0. The summed E-state index contributed by atoms with van der Waals surface area (Å²) in [5.41, 5.74) is 4.58. The number of hydrogen-bond donors (Lipinski definition) is 0. The minimum Gasteiger partial charge on any atom is -0.341 e. The quantitative estimate of drug-likeness (QED) is 0.669. The Hall–Kier alpha value is -1.18. The average molecular weight is 294 g/mol. The summed E-state index contributed by atoms with van der Waals surface area (Å²) >= 11 is 12.1. The maximum Gasteiger partial charge on any atom is 0.0494 e. The van der Waals surface area contributed by atoms with Crippen LogP contribution in [0.1, 0.15) is 18.1 Å². The minimum atomic E-state index is 0.481. The van der Waals surface area contributed by atoms with Crippen LogP contribution in [0.5, 0.6) is 0 Å². The highest BCUT2D eigenvalue weighted by atomic mass is 35.5. The van der Waals surface area contributed by atoms with Crippen LogP contribution in [0.4, 0.5) is 11.4 Å². The predicted octanol–water partition coefficient (Wildman–Crippen LogP) is 5.55. The van der Waals surface area contributed by atoms with E-state index in [-0.39, 0.29) is 0 Å². The molecule has 0 amide bonds. The fraction of sp³-hybridized carbons (Fsp3) is 0.250. The number of rotatable bonds is 4. The predicted molar refractivity (Wildman–Crippen MR) is 84.9 cm³/mol. The first kappa shape index (κ1) is 14.2. The van der Waals surface area contributed by atoms with Gasteiger partial charge in [-0.25, -0.2) is 0 Å². The number of anilines is 2. The number of hydrogen-bond acceptors (Lipinski definition) is 1. The maximum absolute atomic E-state index is 6.12. The molecule has 0 saturated heterocycles. The van der Waals surface area contributed by atoms with Gasteiger partial charge in [-0.2, -0.15) is 0 Å². The molecule has 0 bridgehead atoms. The minimum absolute atomic E-state index is 0.481. The van der Waals surface area contributed by atoms with E-state index in [1.165, 1.54) is 5.56 Å². The Morgan fingerprint density at radius 3 is 2.32 bits per heavy atom. The molecule has 2 rings (SSSR count). The third-order valence-electron chi connectivity index (χ3n) is 3.14. The molecule has 2 aromatic rings. The molecule has 0 atom stereocenters. The van der Waals surface area contributed by atoms with Crippen LogP contribution in [0.2, 0.25) is 5.02 Å². The lowest BCUT2D eigenvalue weighted by molar-refractivity contribution is 1.01. The summed E-state index contributed by atoms with van der Waals surface area (Å²) < 4.78 is 0. The van der Waals surface area contributed by atoms with Gasteiger partial charge >= 0.3 is 0 Å². The third-order valence-corrected chi connectivity index (χ3v) is 3.67. The highest BCUT2D eigenvalue weighted by Gasteiger charge is 2.12. The highest BCUT2D eigenvalue weighted by Crippen LogP contribution is 2.31. The molecule has 19 heavy (non-hydrogen) atoms. The molecule has 0 heterocycles. The molecule has 0 aliphatic heterocycles. The Bertz CT molecular complexity index is 549. The van der Waals surface area contributed by atoms with E-state index in [2.05, 4.69) is 43.0 Å². The molecule has 0 saturated carbocycles. The average Bonchev–Trinajstić information content (AvgIpc) is 2.42. The topological polar surface area (TPSA) is 3.24 Å². The van der Waals surface area contributed by atoms with Crippen LogP contribution < -0.4 is 4.90 Å². The third kappa shape index (κ3) is 3.23. The van der Waals surface area contributed by atoms with Crippen molar-refractivity contribution in [3.8, 4) is 0 Å². The van der Waals surface area contributed by atoms with Gasteiger partial charge in [-0.3, -0.25) is 0 Å². The van der Waals surface area contributed by atoms with E-state index >= 15 is 0 Å². The lowest BCUT2D eigenvalue weighted by Gasteiger charge is -2.26. The fourth-order valence-electron chi connectivity index (χ4n) is 2.12. The van der Waals surface area contributed by atoms with Gasteiger partial charge in [0.2, 0.25) is 0 Å². The van der Waals surface area contributed by atoms with E-state index < -0.39 is 0 Å². The lowest BCUT2D eigenvalue weighted by Crippen LogP contribution is -2.17. The molecule has 0 radical (unpaired) electrons. The Balaban J connectivity index is 2.47. The first-order chi connectivity index (χ1) is 9.15. The number of nitrogens with zero attached hydrogens (tertiary/aromatic N) is 1. The summed E-state index contributed by atoms with van der Waals surface area (Å²) in [5, 5.41) is 0.731. The van der Waals surface area contributed by atoms with E-state index in [1.807, 2.05) is 18.2 Å². The number of benzene rings is 2. The molecule has 3 heteroatoms. The zero-order chi connectivity index (χ0) is 13.8. The maximum atomic E-state index is 6.12. The summed E-state index contributed by atoms with van der Waals surface area (Å²) in [6, 6.07) is 14.3. The van der Waals surface area contributed by atoms with Crippen molar-refractivity contribution in [1.82, 2.24) is 0 Å². The number of alkyl halides is 1. The van der Waals surface area contributed by atoms with Gasteiger partial charge in [-0.15, -0.1) is 11.6 Å². The Morgan fingerprint density at radius 2 is 1.74 bits per heavy atom. The highest BCUT2D eigenvalue weighted by molar-refractivity contribution is 6.31. The van der Waals surface area contributed by atoms with Crippen LogP contribution in [-0.2, 0) is 5.88 Å². The number of aryl methyl sites for hydroxylation is 1. The van der Waals surface area contributed by atoms with Crippen molar-refractivity contribution in [1.29, 1.82) is 0 Å². The largest absolute Gasteiger partial charge is 0.341 e.